The van der Waals surface area contributed by atoms with Crippen LogP contribution in [0.1, 0.15) is 43.4 Å². The minimum absolute atomic E-state index is 0.183. The lowest BCUT2D eigenvalue weighted by atomic mass is 9.93. The lowest BCUT2D eigenvalue weighted by molar-refractivity contribution is -0.136. The average Bonchev–Trinajstić information content (AvgIpc) is 2.76. The summed E-state index contributed by atoms with van der Waals surface area (Å²) >= 11 is 12.4. The number of hydrogen-bond donors (Lipinski definition) is 2. The third kappa shape index (κ3) is 5.51. The van der Waals surface area contributed by atoms with Crippen LogP contribution in [0.15, 0.2) is 53.7 Å². The minimum atomic E-state index is -0.652. The number of unbranched alkanes of at least 4 members (excludes halogenated alkanes) is 1. The number of carbonyl (C=O) groups excluding carboxylic acids is 2. The molecule has 1 unspecified atom stereocenters. The normalized spacial score (nSPS) is 15.9. The Morgan fingerprint density at radius 3 is 2.52 bits per heavy atom. The van der Waals surface area contributed by atoms with Gasteiger partial charge in [0.1, 0.15) is 12.4 Å². The lowest BCUT2D eigenvalue weighted by Gasteiger charge is -2.29. The molecule has 2 aromatic rings. The highest BCUT2D eigenvalue weighted by Crippen LogP contribution is 2.32. The molecule has 1 heterocycles. The van der Waals surface area contributed by atoms with E-state index in [1.165, 1.54) is 7.11 Å². The summed E-state index contributed by atoms with van der Waals surface area (Å²) in [5, 5.41) is 6.61. The Hall–Kier alpha value is -2.70. The fourth-order valence-corrected chi connectivity index (χ4v) is 3.89. The highest BCUT2D eigenvalue weighted by atomic mass is 35.5. The molecule has 2 amide bonds. The Morgan fingerprint density at radius 2 is 1.84 bits per heavy atom. The summed E-state index contributed by atoms with van der Waals surface area (Å²) in [6.07, 6.45) is 2.34. The van der Waals surface area contributed by atoms with Gasteiger partial charge in [-0.05, 0) is 42.7 Å². The molecular formula is C23H24Cl2N2O4. The van der Waals surface area contributed by atoms with Gasteiger partial charge in [0, 0.05) is 21.3 Å². The van der Waals surface area contributed by atoms with Crippen molar-refractivity contribution in [2.75, 3.05) is 7.11 Å². The first-order chi connectivity index (χ1) is 14.9. The Balaban J connectivity index is 1.90. The van der Waals surface area contributed by atoms with Gasteiger partial charge in [-0.25, -0.2) is 9.59 Å². The fraction of sp³-hybridized carbons (Fsp3) is 0.304. The SMILES string of the molecule is CCCCC1=C(C(=O)OC)C(c2cccc(OCc3c(Cl)cccc3Cl)c2)NC(=O)N1. The summed E-state index contributed by atoms with van der Waals surface area (Å²) < 4.78 is 10.9. The van der Waals surface area contributed by atoms with Crippen LogP contribution in [0.2, 0.25) is 10.0 Å². The molecule has 6 nitrogen and oxygen atoms in total. The number of esters is 1. The van der Waals surface area contributed by atoms with Crippen LogP contribution in [0.25, 0.3) is 0 Å². The number of carbonyl (C=O) groups is 2. The molecule has 0 fully saturated rings. The van der Waals surface area contributed by atoms with Crippen molar-refractivity contribution in [2.45, 2.75) is 38.8 Å². The second kappa shape index (κ2) is 10.6. The molecular weight excluding hydrogens is 439 g/mol. The molecule has 2 aromatic carbocycles. The van der Waals surface area contributed by atoms with E-state index in [9.17, 15) is 9.59 Å². The number of allylic oxidation sites excluding steroid dienone is 1. The van der Waals surface area contributed by atoms with Gasteiger partial charge in [-0.2, -0.15) is 0 Å². The first-order valence-corrected chi connectivity index (χ1v) is 10.7. The van der Waals surface area contributed by atoms with Gasteiger partial charge in [-0.1, -0.05) is 54.7 Å². The number of rotatable bonds is 8. The maximum Gasteiger partial charge on any atom is 0.337 e. The van der Waals surface area contributed by atoms with Crippen LogP contribution >= 0.6 is 23.2 Å². The van der Waals surface area contributed by atoms with Crippen molar-refractivity contribution in [3.8, 4) is 5.75 Å². The van der Waals surface area contributed by atoms with Crippen LogP contribution < -0.4 is 15.4 Å². The Morgan fingerprint density at radius 1 is 1.13 bits per heavy atom. The van der Waals surface area contributed by atoms with Gasteiger partial charge >= 0.3 is 12.0 Å². The summed E-state index contributed by atoms with van der Waals surface area (Å²) in [7, 11) is 1.33. The van der Waals surface area contributed by atoms with Gasteiger partial charge in [-0.3, -0.25) is 0 Å². The van der Waals surface area contributed by atoms with E-state index in [0.29, 0.717) is 44.6 Å². The van der Waals surface area contributed by atoms with E-state index in [4.69, 9.17) is 32.7 Å². The van der Waals surface area contributed by atoms with Crippen LogP contribution in [0, 0.1) is 0 Å². The number of halogens is 2. The Labute approximate surface area is 191 Å². The summed E-state index contributed by atoms with van der Waals surface area (Å²) in [5.74, 6) is 0.0679. The van der Waals surface area contributed by atoms with Crippen molar-refractivity contribution in [3.63, 3.8) is 0 Å². The third-order valence-electron chi connectivity index (χ3n) is 4.98. The predicted octanol–water partition coefficient (Wildman–Crippen LogP) is 5.54. The minimum Gasteiger partial charge on any atom is -0.489 e. The standard InChI is InChI=1S/C23H24Cl2N2O4/c1-3-4-11-19-20(22(28)30-2)21(27-23(29)26-19)14-7-5-8-15(12-14)31-13-16-17(24)9-6-10-18(16)25/h5-10,12,21H,3-4,11,13H2,1-2H3,(H2,26,27,29). The molecule has 0 spiro atoms. The van der Waals surface area contributed by atoms with E-state index in [-0.39, 0.29) is 12.6 Å². The zero-order valence-electron chi connectivity index (χ0n) is 17.3. The molecule has 0 saturated carbocycles. The zero-order chi connectivity index (χ0) is 22.4. The topological polar surface area (TPSA) is 76.7 Å². The van der Waals surface area contributed by atoms with Crippen LogP contribution in [-0.4, -0.2) is 19.1 Å². The molecule has 0 bridgehead atoms. The van der Waals surface area contributed by atoms with Gasteiger partial charge in [0.25, 0.3) is 0 Å². The van der Waals surface area contributed by atoms with Gasteiger partial charge in [-0.15, -0.1) is 0 Å². The number of hydrogen-bond acceptors (Lipinski definition) is 4. The molecule has 164 valence electrons. The molecule has 0 aromatic heterocycles. The second-order valence-electron chi connectivity index (χ2n) is 7.08. The van der Waals surface area contributed by atoms with E-state index < -0.39 is 12.0 Å². The van der Waals surface area contributed by atoms with Gasteiger partial charge in [0.15, 0.2) is 0 Å². The summed E-state index contributed by atoms with van der Waals surface area (Å²) in [4.78, 5) is 24.8. The number of benzene rings is 2. The average molecular weight is 463 g/mol. The maximum absolute atomic E-state index is 12.6. The summed E-state index contributed by atoms with van der Waals surface area (Å²) in [5.41, 5.74) is 2.36. The predicted molar refractivity (Wildman–Crippen MR) is 120 cm³/mol. The van der Waals surface area contributed by atoms with Crippen molar-refractivity contribution < 1.29 is 19.1 Å². The molecule has 8 heteroatoms. The van der Waals surface area contributed by atoms with Crippen LogP contribution in [-0.2, 0) is 16.1 Å². The fourth-order valence-electron chi connectivity index (χ4n) is 3.38. The van der Waals surface area contributed by atoms with E-state index in [1.54, 1.807) is 36.4 Å². The smallest absolute Gasteiger partial charge is 0.337 e. The lowest BCUT2D eigenvalue weighted by Crippen LogP contribution is -2.45. The first kappa shape index (κ1) is 23.0. The van der Waals surface area contributed by atoms with Gasteiger partial charge < -0.3 is 20.1 Å². The molecule has 0 saturated heterocycles. The summed E-state index contributed by atoms with van der Waals surface area (Å²) in [6, 6.07) is 11.4. The zero-order valence-corrected chi connectivity index (χ0v) is 18.8. The van der Waals surface area contributed by atoms with Crippen molar-refractivity contribution in [2.24, 2.45) is 0 Å². The quantitative estimate of drug-likeness (QED) is 0.504. The number of ether oxygens (including phenoxy) is 2. The van der Waals surface area contributed by atoms with Crippen LogP contribution in [0.4, 0.5) is 4.79 Å². The second-order valence-corrected chi connectivity index (χ2v) is 7.89. The van der Waals surface area contributed by atoms with E-state index >= 15 is 0 Å². The van der Waals surface area contributed by atoms with Crippen molar-refractivity contribution >= 4 is 35.2 Å². The third-order valence-corrected chi connectivity index (χ3v) is 5.68. The van der Waals surface area contributed by atoms with Gasteiger partial charge in [0.2, 0.25) is 0 Å². The Bertz CT molecular complexity index is 987. The van der Waals surface area contributed by atoms with Gasteiger partial charge in [0.05, 0.1) is 18.7 Å². The maximum atomic E-state index is 12.6. The van der Waals surface area contributed by atoms with Crippen molar-refractivity contribution in [1.82, 2.24) is 10.6 Å². The molecule has 0 aliphatic carbocycles. The van der Waals surface area contributed by atoms with E-state index in [1.807, 2.05) is 13.0 Å². The number of amides is 2. The highest BCUT2D eigenvalue weighted by molar-refractivity contribution is 6.35. The molecule has 0 radical (unpaired) electrons. The molecule has 3 rings (SSSR count). The first-order valence-electron chi connectivity index (χ1n) is 9.99. The van der Waals surface area contributed by atoms with Crippen molar-refractivity contribution in [1.29, 1.82) is 0 Å². The highest BCUT2D eigenvalue weighted by Gasteiger charge is 2.33. The van der Waals surface area contributed by atoms with E-state index in [2.05, 4.69) is 10.6 Å². The van der Waals surface area contributed by atoms with Crippen LogP contribution in [0.3, 0.4) is 0 Å². The van der Waals surface area contributed by atoms with Crippen molar-refractivity contribution in [3.05, 3.63) is 74.9 Å². The summed E-state index contributed by atoms with van der Waals surface area (Å²) in [6.45, 7) is 2.23. The number of methoxy groups -OCH3 is 1. The largest absolute Gasteiger partial charge is 0.489 e. The number of nitrogens with one attached hydrogen (secondary N) is 2. The molecule has 31 heavy (non-hydrogen) atoms. The molecule has 1 aliphatic rings. The molecule has 2 N–H and O–H groups in total. The molecule has 1 atom stereocenters. The Kier molecular flexibility index (Phi) is 7.82. The van der Waals surface area contributed by atoms with Crippen LogP contribution in [0.5, 0.6) is 5.75 Å². The number of urea groups is 1. The molecule has 1 aliphatic heterocycles. The monoisotopic (exact) mass is 462 g/mol. The van der Waals surface area contributed by atoms with E-state index in [0.717, 1.165) is 12.8 Å².